The predicted octanol–water partition coefficient (Wildman–Crippen LogP) is 2.04. The Hall–Kier alpha value is -1.90. The topological polar surface area (TPSA) is 70.5 Å². The molecule has 1 aliphatic rings. The van der Waals surface area contributed by atoms with Crippen LogP contribution < -0.4 is 10.9 Å². The first kappa shape index (κ1) is 22.8. The summed E-state index contributed by atoms with van der Waals surface area (Å²) >= 11 is 1.22. The van der Waals surface area contributed by atoms with E-state index in [-0.39, 0.29) is 17.2 Å². The maximum absolute atomic E-state index is 12.7. The number of nitrogens with one attached hydrogen (secondary N) is 1. The normalized spacial score (nSPS) is 15.5. The zero-order valence-corrected chi connectivity index (χ0v) is 18.9. The maximum Gasteiger partial charge on any atom is 0.283 e. The molecule has 0 saturated carbocycles. The van der Waals surface area contributed by atoms with E-state index in [1.54, 1.807) is 4.57 Å². The summed E-state index contributed by atoms with van der Waals surface area (Å²) in [5.74, 6) is 0.158. The van der Waals surface area contributed by atoms with Crippen molar-refractivity contribution in [3.8, 4) is 0 Å². The third kappa shape index (κ3) is 6.06. The van der Waals surface area contributed by atoms with E-state index in [0.717, 1.165) is 50.2 Å². The quantitative estimate of drug-likeness (QED) is 0.459. The van der Waals surface area contributed by atoms with Crippen LogP contribution in [0.5, 0.6) is 0 Å². The zero-order valence-electron chi connectivity index (χ0n) is 18.1. The highest BCUT2D eigenvalue weighted by Crippen LogP contribution is 2.16. The van der Waals surface area contributed by atoms with Gasteiger partial charge in [-0.15, -0.1) is 0 Å². The van der Waals surface area contributed by atoms with E-state index < -0.39 is 0 Å². The van der Waals surface area contributed by atoms with Gasteiger partial charge < -0.3 is 19.7 Å². The third-order valence-corrected chi connectivity index (χ3v) is 6.40. The highest BCUT2D eigenvalue weighted by molar-refractivity contribution is 7.99. The standard InChI is InChI=1S/C22H33N5O2S/c1-3-11-25-13-15-26(16-14-25)12-7-10-23-20(28)17-30-21-22(29)27(4-2)19-9-6-5-8-18(19)24-21/h5-6,8-9H,3-4,7,10-17H2,1-2H3,(H,23,28). The fourth-order valence-electron chi connectivity index (χ4n) is 3.85. The molecular formula is C22H33N5O2S. The van der Waals surface area contributed by atoms with E-state index in [1.807, 2.05) is 31.2 Å². The van der Waals surface area contributed by atoms with Crippen molar-refractivity contribution in [3.05, 3.63) is 34.6 Å². The average molecular weight is 432 g/mol. The average Bonchev–Trinajstić information content (AvgIpc) is 2.76. The summed E-state index contributed by atoms with van der Waals surface area (Å²) in [5.41, 5.74) is 1.48. The van der Waals surface area contributed by atoms with Gasteiger partial charge in [0.25, 0.3) is 5.56 Å². The second-order valence-corrected chi connectivity index (χ2v) is 8.59. The molecule has 0 bridgehead atoms. The lowest BCUT2D eigenvalue weighted by atomic mass is 10.2. The van der Waals surface area contributed by atoms with Gasteiger partial charge in [-0.2, -0.15) is 0 Å². The molecule has 1 saturated heterocycles. The van der Waals surface area contributed by atoms with E-state index in [1.165, 1.54) is 24.7 Å². The van der Waals surface area contributed by atoms with Gasteiger partial charge >= 0.3 is 0 Å². The van der Waals surface area contributed by atoms with E-state index >= 15 is 0 Å². The first-order valence-electron chi connectivity index (χ1n) is 11.0. The van der Waals surface area contributed by atoms with Crippen molar-refractivity contribution in [1.29, 1.82) is 0 Å². The molecule has 1 N–H and O–H groups in total. The van der Waals surface area contributed by atoms with Crippen LogP contribution in [0.1, 0.15) is 26.7 Å². The van der Waals surface area contributed by atoms with Crippen molar-refractivity contribution in [2.75, 3.05) is 51.6 Å². The Labute approximate surface area is 182 Å². The van der Waals surface area contributed by atoms with Gasteiger partial charge in [-0.05, 0) is 45.0 Å². The molecule has 0 atom stereocenters. The number of fused-ring (bicyclic) bond motifs is 1. The number of hydrogen-bond acceptors (Lipinski definition) is 6. The van der Waals surface area contributed by atoms with Crippen LogP contribution in [-0.4, -0.2) is 76.8 Å². The van der Waals surface area contributed by atoms with Crippen LogP contribution in [0.25, 0.3) is 11.0 Å². The van der Waals surface area contributed by atoms with Crippen molar-refractivity contribution in [2.45, 2.75) is 38.3 Å². The molecule has 1 aliphatic heterocycles. The second-order valence-electron chi connectivity index (χ2n) is 7.63. The lowest BCUT2D eigenvalue weighted by Gasteiger charge is -2.34. The van der Waals surface area contributed by atoms with Gasteiger partial charge in [0.05, 0.1) is 16.8 Å². The molecule has 3 rings (SSSR count). The molecule has 2 heterocycles. The largest absolute Gasteiger partial charge is 0.355 e. The number of para-hydroxylation sites is 2. The number of nitrogens with zero attached hydrogens (tertiary/aromatic N) is 4. The van der Waals surface area contributed by atoms with Crippen molar-refractivity contribution in [1.82, 2.24) is 24.7 Å². The molecular weight excluding hydrogens is 398 g/mol. The Morgan fingerprint density at radius 3 is 2.50 bits per heavy atom. The number of rotatable bonds is 10. The Bertz CT molecular complexity index is 893. The van der Waals surface area contributed by atoms with Crippen molar-refractivity contribution < 1.29 is 4.79 Å². The van der Waals surface area contributed by atoms with Gasteiger partial charge in [0.1, 0.15) is 0 Å². The smallest absolute Gasteiger partial charge is 0.283 e. The minimum Gasteiger partial charge on any atom is -0.355 e. The maximum atomic E-state index is 12.7. The Morgan fingerprint density at radius 1 is 1.10 bits per heavy atom. The molecule has 0 aliphatic carbocycles. The number of aromatic nitrogens is 2. The summed E-state index contributed by atoms with van der Waals surface area (Å²) in [6, 6.07) is 7.61. The Morgan fingerprint density at radius 2 is 1.80 bits per heavy atom. The van der Waals surface area contributed by atoms with Crippen molar-refractivity contribution >= 4 is 28.7 Å². The van der Waals surface area contributed by atoms with E-state index in [0.29, 0.717) is 18.1 Å². The van der Waals surface area contributed by atoms with E-state index in [4.69, 9.17) is 0 Å². The molecule has 0 unspecified atom stereocenters. The summed E-state index contributed by atoms with van der Waals surface area (Å²) in [4.78, 5) is 34.3. The van der Waals surface area contributed by atoms with Crippen LogP contribution in [0.15, 0.2) is 34.1 Å². The van der Waals surface area contributed by atoms with Gasteiger partial charge in [0, 0.05) is 39.3 Å². The fraction of sp³-hybridized carbons (Fsp3) is 0.591. The molecule has 164 valence electrons. The first-order valence-corrected chi connectivity index (χ1v) is 11.9. The SMILES string of the molecule is CCCN1CCN(CCCNC(=O)CSc2nc3ccccc3n(CC)c2=O)CC1. The van der Waals surface area contributed by atoms with Gasteiger partial charge in [-0.25, -0.2) is 4.98 Å². The summed E-state index contributed by atoms with van der Waals surface area (Å²) < 4.78 is 1.71. The van der Waals surface area contributed by atoms with Crippen LogP contribution in [0.4, 0.5) is 0 Å². The van der Waals surface area contributed by atoms with Crippen LogP contribution in [0.3, 0.4) is 0 Å². The number of aryl methyl sites for hydroxylation is 1. The minimum absolute atomic E-state index is 0.0508. The molecule has 30 heavy (non-hydrogen) atoms. The second kappa shape index (κ2) is 11.5. The Balaban J connectivity index is 1.41. The molecule has 1 fully saturated rings. The highest BCUT2D eigenvalue weighted by atomic mass is 32.2. The van der Waals surface area contributed by atoms with E-state index in [9.17, 15) is 9.59 Å². The summed E-state index contributed by atoms with van der Waals surface area (Å²) in [6.45, 7) is 12.1. The lowest BCUT2D eigenvalue weighted by molar-refractivity contribution is -0.118. The molecule has 0 radical (unpaired) electrons. The minimum atomic E-state index is -0.129. The molecule has 0 spiro atoms. The number of piperazine rings is 1. The fourth-order valence-corrected chi connectivity index (χ4v) is 4.61. The molecule has 1 aromatic heterocycles. The van der Waals surface area contributed by atoms with Gasteiger partial charge in [-0.1, -0.05) is 30.8 Å². The molecule has 1 aromatic carbocycles. The summed E-state index contributed by atoms with van der Waals surface area (Å²) in [6.07, 6.45) is 2.16. The molecule has 2 aromatic rings. The molecule has 1 amide bonds. The zero-order chi connectivity index (χ0) is 21.3. The summed E-state index contributed by atoms with van der Waals surface area (Å²) in [5, 5.41) is 3.36. The highest BCUT2D eigenvalue weighted by Gasteiger charge is 2.16. The number of carbonyl (C=O) groups excluding carboxylic acids is 1. The lowest BCUT2D eigenvalue weighted by Crippen LogP contribution is -2.47. The van der Waals surface area contributed by atoms with Crippen molar-refractivity contribution in [2.24, 2.45) is 0 Å². The van der Waals surface area contributed by atoms with Gasteiger partial charge in [-0.3, -0.25) is 9.59 Å². The predicted molar refractivity (Wildman–Crippen MR) is 123 cm³/mol. The number of thioether (sulfide) groups is 1. The third-order valence-electron chi connectivity index (χ3n) is 5.46. The van der Waals surface area contributed by atoms with Crippen molar-refractivity contribution in [3.63, 3.8) is 0 Å². The first-order chi connectivity index (χ1) is 14.6. The van der Waals surface area contributed by atoms with Crippen LogP contribution in [0.2, 0.25) is 0 Å². The summed E-state index contributed by atoms with van der Waals surface area (Å²) in [7, 11) is 0. The molecule has 7 nitrogen and oxygen atoms in total. The van der Waals surface area contributed by atoms with Gasteiger partial charge in [0.15, 0.2) is 5.03 Å². The number of carbonyl (C=O) groups is 1. The Kier molecular flexibility index (Phi) is 8.72. The number of benzene rings is 1. The van der Waals surface area contributed by atoms with E-state index in [2.05, 4.69) is 27.0 Å². The monoisotopic (exact) mass is 431 g/mol. The van der Waals surface area contributed by atoms with Crippen LogP contribution in [-0.2, 0) is 11.3 Å². The molecule has 8 heteroatoms. The van der Waals surface area contributed by atoms with Crippen LogP contribution >= 0.6 is 11.8 Å². The van der Waals surface area contributed by atoms with Gasteiger partial charge in [0.2, 0.25) is 5.91 Å². The number of amides is 1. The number of hydrogen-bond donors (Lipinski definition) is 1. The van der Waals surface area contributed by atoms with Crippen LogP contribution in [0, 0.1) is 0 Å².